The summed E-state index contributed by atoms with van der Waals surface area (Å²) in [7, 11) is 0. The van der Waals surface area contributed by atoms with Gasteiger partial charge in [0.25, 0.3) is 0 Å². The zero-order valence-electron chi connectivity index (χ0n) is 19.2. The Morgan fingerprint density at radius 2 is 1.20 bits per heavy atom. The summed E-state index contributed by atoms with van der Waals surface area (Å²) in [6.45, 7) is 1.73. The fourth-order valence-electron chi connectivity index (χ4n) is 5.18. The van der Waals surface area contributed by atoms with Crippen LogP contribution in [0, 0.1) is 0 Å². The van der Waals surface area contributed by atoms with E-state index in [-0.39, 0.29) is 0 Å². The molecule has 168 valence electrons. The van der Waals surface area contributed by atoms with E-state index in [1.165, 1.54) is 58.8 Å². The second kappa shape index (κ2) is 8.38. The highest BCUT2D eigenvalue weighted by atomic mass is 32.1. The van der Waals surface area contributed by atoms with Gasteiger partial charge < -0.3 is 9.88 Å². The number of nitrogens with zero attached hydrogens (tertiary/aromatic N) is 1. The van der Waals surface area contributed by atoms with E-state index < -0.39 is 0 Å². The lowest BCUT2D eigenvalue weighted by atomic mass is 10.1. The Hall–Kier alpha value is -3.92. The normalized spacial score (nSPS) is 11.8. The van der Waals surface area contributed by atoms with E-state index in [4.69, 9.17) is 0 Å². The monoisotopic (exact) mass is 468 g/mol. The third-order valence-corrected chi connectivity index (χ3v) is 8.00. The molecule has 35 heavy (non-hydrogen) atoms. The first kappa shape index (κ1) is 20.5. The van der Waals surface area contributed by atoms with Crippen LogP contribution >= 0.6 is 11.3 Å². The van der Waals surface area contributed by atoms with Crippen LogP contribution in [0.25, 0.3) is 47.7 Å². The molecule has 0 atom stereocenters. The number of nitrogens with one attached hydrogen (secondary N) is 1. The number of hydrogen-bond acceptors (Lipinski definition) is 2. The first-order valence-corrected chi connectivity index (χ1v) is 12.9. The second-order valence-corrected chi connectivity index (χ2v) is 10.2. The van der Waals surface area contributed by atoms with E-state index >= 15 is 0 Å². The summed E-state index contributed by atoms with van der Waals surface area (Å²) in [5.41, 5.74) is 6.31. The molecule has 0 aliphatic heterocycles. The minimum atomic E-state index is 0.852. The minimum Gasteiger partial charge on any atom is -0.309 e. The molecular formula is C32H24N2S. The molecule has 2 aromatic heterocycles. The Kier molecular flexibility index (Phi) is 4.90. The second-order valence-electron chi connectivity index (χ2n) is 9.07. The highest BCUT2D eigenvalue weighted by Crippen LogP contribution is 2.40. The first-order valence-electron chi connectivity index (χ1n) is 12.0. The Labute approximate surface area is 208 Å². The van der Waals surface area contributed by atoms with E-state index in [0.717, 1.165) is 13.1 Å². The minimum absolute atomic E-state index is 0.852. The van der Waals surface area contributed by atoms with E-state index in [1.807, 2.05) is 11.3 Å². The van der Waals surface area contributed by atoms with Crippen LogP contribution in [0.15, 0.2) is 115 Å². The molecule has 1 N–H and O–H groups in total. The molecule has 0 amide bonds. The lowest BCUT2D eigenvalue weighted by Crippen LogP contribution is -2.12. The Balaban J connectivity index is 1.30. The first-order chi connectivity index (χ1) is 17.3. The summed E-state index contributed by atoms with van der Waals surface area (Å²) in [5.74, 6) is 0. The van der Waals surface area contributed by atoms with Gasteiger partial charge in [0, 0.05) is 49.7 Å². The van der Waals surface area contributed by atoms with E-state index in [1.54, 1.807) is 0 Å². The molecule has 0 spiro atoms. The van der Waals surface area contributed by atoms with Gasteiger partial charge in [0.15, 0.2) is 0 Å². The number of thiophene rings is 1. The maximum absolute atomic E-state index is 3.56. The van der Waals surface area contributed by atoms with Gasteiger partial charge in [-0.05, 0) is 47.5 Å². The van der Waals surface area contributed by atoms with Crippen LogP contribution in [-0.4, -0.2) is 4.57 Å². The van der Waals surface area contributed by atoms with Crippen molar-refractivity contribution in [3.05, 3.63) is 126 Å². The van der Waals surface area contributed by atoms with Gasteiger partial charge >= 0.3 is 0 Å². The van der Waals surface area contributed by atoms with E-state index in [2.05, 4.69) is 125 Å². The van der Waals surface area contributed by atoms with Crippen molar-refractivity contribution in [2.24, 2.45) is 0 Å². The molecule has 5 aromatic carbocycles. The maximum Gasteiger partial charge on any atom is 0.0555 e. The average molecular weight is 469 g/mol. The third kappa shape index (κ3) is 3.52. The smallest absolute Gasteiger partial charge is 0.0555 e. The molecular weight excluding hydrogens is 444 g/mol. The quantitative estimate of drug-likeness (QED) is 0.268. The lowest BCUT2D eigenvalue weighted by molar-refractivity contribution is 0.693. The van der Waals surface area contributed by atoms with Crippen molar-refractivity contribution in [2.45, 2.75) is 13.1 Å². The van der Waals surface area contributed by atoms with Gasteiger partial charge in [-0.15, -0.1) is 11.3 Å². The van der Waals surface area contributed by atoms with E-state index in [0.29, 0.717) is 0 Å². The topological polar surface area (TPSA) is 17.0 Å². The molecule has 7 rings (SSSR count). The Morgan fingerprint density at radius 3 is 2.03 bits per heavy atom. The van der Waals surface area contributed by atoms with Gasteiger partial charge in [0.1, 0.15) is 0 Å². The highest BCUT2D eigenvalue weighted by molar-refractivity contribution is 7.25. The summed E-state index contributed by atoms with van der Waals surface area (Å²) in [6, 6.07) is 41.8. The van der Waals surface area contributed by atoms with Gasteiger partial charge in [-0.25, -0.2) is 0 Å². The molecule has 0 aliphatic carbocycles. The molecule has 7 aromatic rings. The van der Waals surface area contributed by atoms with Crippen LogP contribution in [0.5, 0.6) is 0 Å². The number of hydrogen-bond donors (Lipinski definition) is 1. The molecule has 0 bridgehead atoms. The summed E-state index contributed by atoms with van der Waals surface area (Å²) in [4.78, 5) is 0. The summed E-state index contributed by atoms with van der Waals surface area (Å²) in [5, 5.41) is 8.86. The lowest BCUT2D eigenvalue weighted by Gasteiger charge is -2.10. The van der Waals surface area contributed by atoms with Crippen molar-refractivity contribution < 1.29 is 0 Å². The number of benzene rings is 5. The van der Waals surface area contributed by atoms with Gasteiger partial charge in [-0.2, -0.15) is 0 Å². The van der Waals surface area contributed by atoms with Crippen molar-refractivity contribution >= 4 is 53.3 Å². The summed E-state index contributed by atoms with van der Waals surface area (Å²) in [6.07, 6.45) is 0. The Morgan fingerprint density at radius 1 is 0.514 bits per heavy atom. The van der Waals surface area contributed by atoms with Crippen molar-refractivity contribution in [3.8, 4) is 5.69 Å². The molecule has 2 nitrogen and oxygen atoms in total. The van der Waals surface area contributed by atoms with Crippen LogP contribution in [0.2, 0.25) is 0 Å². The highest BCUT2D eigenvalue weighted by Gasteiger charge is 2.15. The molecule has 2 heterocycles. The molecule has 0 saturated carbocycles. The molecule has 0 saturated heterocycles. The van der Waals surface area contributed by atoms with Crippen LogP contribution in [0.1, 0.15) is 11.1 Å². The van der Waals surface area contributed by atoms with Crippen molar-refractivity contribution in [2.75, 3.05) is 0 Å². The zero-order chi connectivity index (χ0) is 23.2. The number of aromatic nitrogens is 1. The fourth-order valence-corrected chi connectivity index (χ4v) is 6.30. The van der Waals surface area contributed by atoms with Gasteiger partial charge in [0.2, 0.25) is 0 Å². The molecule has 0 radical (unpaired) electrons. The predicted octanol–water partition coefficient (Wildman–Crippen LogP) is 8.44. The number of rotatable bonds is 5. The van der Waals surface area contributed by atoms with Crippen LogP contribution in [0.3, 0.4) is 0 Å². The molecule has 0 aliphatic rings. The SMILES string of the molecule is c1ccc(CNCc2ccc(-n3c4ccccc4c4cc5c(cc43)sc3ccccc35)cc2)cc1. The van der Waals surface area contributed by atoms with Gasteiger partial charge in [0.05, 0.1) is 11.0 Å². The maximum atomic E-state index is 3.56. The zero-order valence-corrected chi connectivity index (χ0v) is 20.1. The Bertz CT molecular complexity index is 1810. The molecule has 0 fully saturated rings. The van der Waals surface area contributed by atoms with Gasteiger partial charge in [-0.1, -0.05) is 78.9 Å². The largest absolute Gasteiger partial charge is 0.309 e. The van der Waals surface area contributed by atoms with Crippen molar-refractivity contribution in [3.63, 3.8) is 0 Å². The predicted molar refractivity (Wildman–Crippen MR) is 151 cm³/mol. The average Bonchev–Trinajstić information content (AvgIpc) is 3.43. The number of para-hydroxylation sites is 1. The van der Waals surface area contributed by atoms with E-state index in [9.17, 15) is 0 Å². The van der Waals surface area contributed by atoms with Crippen molar-refractivity contribution in [1.29, 1.82) is 0 Å². The standard InChI is InChI=1S/C32H24N2S/c1-2-8-22(9-3-1)20-33-21-23-14-16-24(17-15-23)34-29-12-6-4-10-25(29)27-18-28-26-11-5-7-13-31(26)35-32(28)19-30(27)34/h1-19,33H,20-21H2. The fraction of sp³-hybridized carbons (Fsp3) is 0.0625. The van der Waals surface area contributed by atoms with Crippen LogP contribution in [-0.2, 0) is 13.1 Å². The molecule has 0 unspecified atom stereocenters. The molecule has 3 heteroatoms. The van der Waals surface area contributed by atoms with Gasteiger partial charge in [-0.3, -0.25) is 0 Å². The summed E-state index contributed by atoms with van der Waals surface area (Å²) >= 11 is 1.88. The summed E-state index contributed by atoms with van der Waals surface area (Å²) < 4.78 is 5.10. The van der Waals surface area contributed by atoms with Crippen molar-refractivity contribution in [1.82, 2.24) is 9.88 Å². The third-order valence-electron chi connectivity index (χ3n) is 6.87. The van der Waals surface area contributed by atoms with Crippen LogP contribution < -0.4 is 5.32 Å². The number of fused-ring (bicyclic) bond motifs is 6. The van der Waals surface area contributed by atoms with Crippen LogP contribution in [0.4, 0.5) is 0 Å².